The van der Waals surface area contributed by atoms with Gasteiger partial charge in [-0.15, -0.1) is 0 Å². The molecule has 5 heteroatoms. The molecular formula is C13H15BBrNO2. The average Bonchev–Trinajstić information content (AvgIpc) is 2.50. The molecule has 18 heavy (non-hydrogen) atoms. The Morgan fingerprint density at radius 2 is 2.00 bits per heavy atom. The van der Waals surface area contributed by atoms with Crippen LogP contribution in [0.1, 0.15) is 20.8 Å². The van der Waals surface area contributed by atoms with Crippen LogP contribution in [-0.2, 0) is 4.74 Å². The van der Waals surface area contributed by atoms with Gasteiger partial charge in [0.05, 0.1) is 5.52 Å². The third-order valence-electron chi connectivity index (χ3n) is 2.53. The highest BCUT2D eigenvalue weighted by molar-refractivity contribution is 9.10. The first-order valence-corrected chi connectivity index (χ1v) is 6.58. The summed E-state index contributed by atoms with van der Waals surface area (Å²) in [5, 5.41) is 1.03. The summed E-state index contributed by atoms with van der Waals surface area (Å²) < 4.78 is 7.96. The van der Waals surface area contributed by atoms with Crippen LogP contribution in [0.3, 0.4) is 0 Å². The molecule has 1 aromatic carbocycles. The third kappa shape index (κ3) is 2.61. The fourth-order valence-electron chi connectivity index (χ4n) is 1.86. The van der Waals surface area contributed by atoms with Gasteiger partial charge in [-0.2, -0.15) is 0 Å². The summed E-state index contributed by atoms with van der Waals surface area (Å²) >= 11 is 3.42. The summed E-state index contributed by atoms with van der Waals surface area (Å²) in [6.45, 7) is 5.59. The van der Waals surface area contributed by atoms with Gasteiger partial charge in [0.15, 0.2) is 7.85 Å². The zero-order valence-electron chi connectivity index (χ0n) is 11.0. The van der Waals surface area contributed by atoms with Gasteiger partial charge in [-0.25, -0.2) is 4.79 Å². The van der Waals surface area contributed by atoms with Crippen molar-refractivity contribution in [1.82, 2.24) is 4.57 Å². The Morgan fingerprint density at radius 1 is 1.33 bits per heavy atom. The molecule has 2 rings (SSSR count). The largest absolute Gasteiger partial charge is 0.443 e. The Morgan fingerprint density at radius 3 is 2.61 bits per heavy atom. The molecule has 0 fully saturated rings. The SMILES string of the molecule is Bc1cc2ccc(Br)cc2n1C(=O)OC(C)(C)C. The highest BCUT2D eigenvalue weighted by atomic mass is 79.9. The van der Waals surface area contributed by atoms with Gasteiger partial charge in [0.1, 0.15) is 5.60 Å². The minimum Gasteiger partial charge on any atom is -0.443 e. The Labute approximate surface area is 116 Å². The van der Waals surface area contributed by atoms with Crippen molar-refractivity contribution in [2.45, 2.75) is 26.4 Å². The van der Waals surface area contributed by atoms with Crippen molar-refractivity contribution in [2.24, 2.45) is 0 Å². The average molecular weight is 308 g/mol. The predicted octanol–water partition coefficient (Wildman–Crippen LogP) is 2.45. The van der Waals surface area contributed by atoms with Gasteiger partial charge < -0.3 is 4.74 Å². The van der Waals surface area contributed by atoms with Gasteiger partial charge in [-0.05, 0) is 49.9 Å². The molecule has 0 N–H and O–H groups in total. The summed E-state index contributed by atoms with van der Waals surface area (Å²) in [7, 11) is 1.90. The van der Waals surface area contributed by atoms with E-state index in [-0.39, 0.29) is 6.09 Å². The number of ether oxygens (including phenoxy) is 1. The minimum atomic E-state index is -0.494. The molecule has 1 heterocycles. The standard InChI is InChI=1S/C13H15BBrNO2/c1-13(2,3)18-12(17)16-10-7-9(15)5-4-8(10)6-11(16)14/h4-7H,14H2,1-3H3. The molecule has 0 radical (unpaired) electrons. The molecule has 0 aliphatic heterocycles. The lowest BCUT2D eigenvalue weighted by Crippen LogP contribution is -2.32. The molecule has 0 amide bonds. The molecule has 2 aromatic rings. The van der Waals surface area contributed by atoms with E-state index in [0.717, 1.165) is 21.0 Å². The van der Waals surface area contributed by atoms with Crippen molar-refractivity contribution in [3.05, 3.63) is 28.7 Å². The minimum absolute atomic E-state index is 0.340. The predicted molar refractivity (Wildman–Crippen MR) is 79.4 cm³/mol. The molecule has 0 saturated carbocycles. The van der Waals surface area contributed by atoms with E-state index in [2.05, 4.69) is 15.9 Å². The van der Waals surface area contributed by atoms with E-state index in [1.165, 1.54) is 0 Å². The molecule has 3 nitrogen and oxygen atoms in total. The maximum Gasteiger partial charge on any atom is 0.418 e. The maximum atomic E-state index is 12.2. The van der Waals surface area contributed by atoms with Gasteiger partial charge in [-0.1, -0.05) is 22.0 Å². The van der Waals surface area contributed by atoms with Crippen LogP contribution in [0.2, 0.25) is 0 Å². The first-order chi connectivity index (χ1) is 8.28. The number of carbonyl (C=O) groups excluding carboxylic acids is 1. The number of carbonyl (C=O) groups is 1. The molecule has 0 aliphatic rings. The number of aromatic nitrogens is 1. The molecule has 0 bridgehead atoms. The fraction of sp³-hybridized carbons (Fsp3) is 0.308. The van der Waals surface area contributed by atoms with E-state index in [9.17, 15) is 4.79 Å². The Kier molecular flexibility index (Phi) is 3.28. The molecule has 0 unspecified atom stereocenters. The maximum absolute atomic E-state index is 12.2. The second-order valence-electron chi connectivity index (χ2n) is 5.30. The normalized spacial score (nSPS) is 11.8. The van der Waals surface area contributed by atoms with Crippen molar-refractivity contribution in [1.29, 1.82) is 0 Å². The van der Waals surface area contributed by atoms with Crippen LogP contribution in [0.15, 0.2) is 28.7 Å². The molecule has 1 aromatic heterocycles. The Hall–Kier alpha value is -1.23. The van der Waals surface area contributed by atoms with Crippen LogP contribution in [0, 0.1) is 0 Å². The zero-order chi connectivity index (χ0) is 13.5. The first-order valence-electron chi connectivity index (χ1n) is 5.79. The quantitative estimate of drug-likeness (QED) is 0.700. The number of nitrogens with zero attached hydrogens (tertiary/aromatic N) is 1. The van der Waals surface area contributed by atoms with E-state index in [1.807, 2.05) is 52.9 Å². The van der Waals surface area contributed by atoms with Gasteiger partial charge in [0, 0.05) is 4.47 Å². The molecule has 94 valence electrons. The van der Waals surface area contributed by atoms with Gasteiger partial charge in [-0.3, -0.25) is 4.57 Å². The number of benzene rings is 1. The second kappa shape index (κ2) is 4.46. The van der Waals surface area contributed by atoms with Crippen LogP contribution < -0.4 is 5.59 Å². The van der Waals surface area contributed by atoms with Crippen molar-refractivity contribution >= 4 is 46.4 Å². The highest BCUT2D eigenvalue weighted by Crippen LogP contribution is 2.21. The van der Waals surface area contributed by atoms with E-state index in [1.54, 1.807) is 4.57 Å². The zero-order valence-corrected chi connectivity index (χ0v) is 12.5. The van der Waals surface area contributed by atoms with E-state index < -0.39 is 5.60 Å². The fourth-order valence-corrected chi connectivity index (χ4v) is 2.21. The van der Waals surface area contributed by atoms with E-state index in [0.29, 0.717) is 0 Å². The van der Waals surface area contributed by atoms with Gasteiger partial charge in [0.2, 0.25) is 0 Å². The van der Waals surface area contributed by atoms with Gasteiger partial charge >= 0.3 is 6.09 Å². The first kappa shape index (κ1) is 13.2. The molecule has 0 saturated heterocycles. The number of hydrogen-bond acceptors (Lipinski definition) is 2. The molecular weight excluding hydrogens is 293 g/mol. The number of halogens is 1. The highest BCUT2D eigenvalue weighted by Gasteiger charge is 2.20. The lowest BCUT2D eigenvalue weighted by Gasteiger charge is -2.20. The summed E-state index contributed by atoms with van der Waals surface area (Å²) in [6, 6.07) is 7.84. The van der Waals surface area contributed by atoms with Gasteiger partial charge in [0.25, 0.3) is 0 Å². The smallest absolute Gasteiger partial charge is 0.418 e. The van der Waals surface area contributed by atoms with Crippen molar-refractivity contribution in [3.8, 4) is 0 Å². The Bertz CT molecular complexity index is 613. The van der Waals surface area contributed by atoms with E-state index in [4.69, 9.17) is 4.74 Å². The van der Waals surface area contributed by atoms with Crippen molar-refractivity contribution < 1.29 is 9.53 Å². The monoisotopic (exact) mass is 307 g/mol. The molecule has 0 aliphatic carbocycles. The summed E-state index contributed by atoms with van der Waals surface area (Å²) in [5.41, 5.74) is 1.24. The van der Waals surface area contributed by atoms with Crippen LogP contribution in [0.5, 0.6) is 0 Å². The van der Waals surface area contributed by atoms with Crippen LogP contribution in [0.25, 0.3) is 10.9 Å². The van der Waals surface area contributed by atoms with E-state index >= 15 is 0 Å². The Balaban J connectivity index is 2.53. The third-order valence-corrected chi connectivity index (χ3v) is 3.02. The number of hydrogen-bond donors (Lipinski definition) is 0. The lowest BCUT2D eigenvalue weighted by atomic mass is 10.1. The number of fused-ring (bicyclic) bond motifs is 1. The van der Waals surface area contributed by atoms with Crippen LogP contribution >= 0.6 is 15.9 Å². The summed E-state index contributed by atoms with van der Waals surface area (Å²) in [4.78, 5) is 12.2. The second-order valence-corrected chi connectivity index (χ2v) is 6.22. The molecule has 0 spiro atoms. The van der Waals surface area contributed by atoms with Crippen LogP contribution in [-0.4, -0.2) is 24.1 Å². The van der Waals surface area contributed by atoms with Crippen molar-refractivity contribution in [3.63, 3.8) is 0 Å². The molecule has 0 atom stereocenters. The topological polar surface area (TPSA) is 31.2 Å². The van der Waals surface area contributed by atoms with Crippen LogP contribution in [0.4, 0.5) is 4.79 Å². The lowest BCUT2D eigenvalue weighted by molar-refractivity contribution is 0.0549. The van der Waals surface area contributed by atoms with Crippen molar-refractivity contribution in [2.75, 3.05) is 0 Å². The summed E-state index contributed by atoms with van der Waals surface area (Å²) in [5.74, 6) is 0. The number of rotatable bonds is 0. The summed E-state index contributed by atoms with van der Waals surface area (Å²) in [6.07, 6.45) is -0.340.